The lowest BCUT2D eigenvalue weighted by Crippen LogP contribution is -2.29. The summed E-state index contributed by atoms with van der Waals surface area (Å²) < 4.78 is 8.97. The molecule has 0 aliphatic heterocycles. The maximum Gasteiger partial charge on any atom is 0.410 e. The average Bonchev–Trinajstić information content (AvgIpc) is 2.15. The zero-order valence-corrected chi connectivity index (χ0v) is 8.58. The minimum absolute atomic E-state index is 0.207. The van der Waals surface area contributed by atoms with Crippen LogP contribution in [0.2, 0.25) is 0 Å². The number of rotatable bonds is 6. The quantitative estimate of drug-likeness (QED) is 0.514. The third kappa shape index (κ3) is 8.73. The standard InChI is InChI=1S/C9H14NO5/c1-3-4-8(12)14-6-15-9(13)10-5-7(2)11/h2-6H2,1H3,(H,10,13). The van der Waals surface area contributed by atoms with Crippen LogP contribution in [0.15, 0.2) is 0 Å². The van der Waals surface area contributed by atoms with Crippen molar-refractivity contribution in [1.82, 2.24) is 5.32 Å². The Hall–Kier alpha value is -1.59. The van der Waals surface area contributed by atoms with E-state index in [-0.39, 0.29) is 13.0 Å². The van der Waals surface area contributed by atoms with Crippen LogP contribution in [0.4, 0.5) is 4.79 Å². The fourth-order valence-electron chi connectivity index (χ4n) is 0.647. The second kappa shape index (κ2) is 7.78. The van der Waals surface area contributed by atoms with E-state index in [2.05, 4.69) is 21.7 Å². The molecule has 1 radical (unpaired) electrons. The molecule has 0 atom stereocenters. The van der Waals surface area contributed by atoms with Crippen molar-refractivity contribution in [3.8, 4) is 0 Å². The third-order valence-electron chi connectivity index (χ3n) is 1.29. The molecule has 1 N–H and O–H groups in total. The van der Waals surface area contributed by atoms with Crippen molar-refractivity contribution in [1.29, 1.82) is 0 Å². The van der Waals surface area contributed by atoms with Crippen LogP contribution >= 0.6 is 0 Å². The van der Waals surface area contributed by atoms with Crippen LogP contribution < -0.4 is 5.32 Å². The first-order chi connectivity index (χ1) is 7.06. The Labute approximate surface area is 87.9 Å². The van der Waals surface area contributed by atoms with Crippen LogP contribution in [0, 0.1) is 6.92 Å². The van der Waals surface area contributed by atoms with E-state index in [0.29, 0.717) is 6.42 Å². The van der Waals surface area contributed by atoms with Gasteiger partial charge in [-0.05, 0) is 6.42 Å². The van der Waals surface area contributed by atoms with Crippen molar-refractivity contribution in [3.05, 3.63) is 6.92 Å². The summed E-state index contributed by atoms with van der Waals surface area (Å²) in [4.78, 5) is 31.9. The van der Waals surface area contributed by atoms with E-state index >= 15 is 0 Å². The first kappa shape index (κ1) is 13.4. The van der Waals surface area contributed by atoms with Crippen molar-refractivity contribution < 1.29 is 23.9 Å². The van der Waals surface area contributed by atoms with Crippen LogP contribution in [-0.2, 0) is 19.1 Å². The first-order valence-electron chi connectivity index (χ1n) is 4.47. The summed E-state index contributed by atoms with van der Waals surface area (Å²) in [6.07, 6.45) is 0.125. The average molecular weight is 216 g/mol. The second-order valence-corrected chi connectivity index (χ2v) is 2.71. The van der Waals surface area contributed by atoms with Gasteiger partial charge in [0.1, 0.15) is 0 Å². The molecule has 0 aromatic rings. The summed E-state index contributed by atoms with van der Waals surface area (Å²) in [5.41, 5.74) is 0. The number of carbonyl (C=O) groups is 3. The highest BCUT2D eigenvalue weighted by atomic mass is 16.7. The number of carbonyl (C=O) groups excluding carboxylic acids is 3. The molecule has 0 fully saturated rings. The van der Waals surface area contributed by atoms with Gasteiger partial charge >= 0.3 is 12.1 Å². The monoisotopic (exact) mass is 216 g/mol. The lowest BCUT2D eigenvalue weighted by molar-refractivity contribution is -0.151. The lowest BCUT2D eigenvalue weighted by Gasteiger charge is -2.05. The van der Waals surface area contributed by atoms with E-state index in [1.54, 1.807) is 0 Å². The number of hydrogen-bond donors (Lipinski definition) is 1. The normalized spacial score (nSPS) is 9.20. The number of ether oxygens (including phenoxy) is 2. The van der Waals surface area contributed by atoms with E-state index in [9.17, 15) is 14.4 Å². The van der Waals surface area contributed by atoms with E-state index in [1.165, 1.54) is 0 Å². The van der Waals surface area contributed by atoms with Crippen molar-refractivity contribution in [2.45, 2.75) is 19.8 Å². The van der Waals surface area contributed by atoms with Gasteiger partial charge in [-0.15, -0.1) is 0 Å². The molecule has 0 aromatic heterocycles. The van der Waals surface area contributed by atoms with Crippen molar-refractivity contribution in [2.24, 2.45) is 0 Å². The molecule has 0 aromatic carbocycles. The smallest absolute Gasteiger partial charge is 0.410 e. The van der Waals surface area contributed by atoms with Gasteiger partial charge in [0.25, 0.3) is 0 Å². The Morgan fingerprint density at radius 2 is 1.93 bits per heavy atom. The molecule has 0 unspecified atom stereocenters. The summed E-state index contributed by atoms with van der Waals surface area (Å²) in [7, 11) is 0. The minimum Gasteiger partial charge on any atom is -0.428 e. The highest BCUT2D eigenvalue weighted by molar-refractivity contribution is 5.87. The molecule has 0 spiro atoms. The molecule has 1 amide bonds. The molecule has 85 valence electrons. The van der Waals surface area contributed by atoms with Gasteiger partial charge in [0.15, 0.2) is 5.78 Å². The maximum atomic E-state index is 10.8. The molecule has 15 heavy (non-hydrogen) atoms. The van der Waals surface area contributed by atoms with Gasteiger partial charge in [-0.1, -0.05) is 6.92 Å². The van der Waals surface area contributed by atoms with Crippen molar-refractivity contribution >= 4 is 17.8 Å². The SMILES string of the molecule is [CH2]C(=O)CNC(=O)OCOC(=O)CCC. The number of Topliss-reactive ketones (excluding diaryl/α,β-unsaturated/α-hetero) is 1. The number of ketones is 1. The zero-order valence-electron chi connectivity index (χ0n) is 8.58. The maximum absolute atomic E-state index is 10.8. The van der Waals surface area contributed by atoms with Crippen molar-refractivity contribution in [3.63, 3.8) is 0 Å². The number of nitrogens with one attached hydrogen (secondary N) is 1. The third-order valence-corrected chi connectivity index (χ3v) is 1.29. The van der Waals surface area contributed by atoms with Crippen LogP contribution in [0.25, 0.3) is 0 Å². The number of esters is 1. The summed E-state index contributed by atoms with van der Waals surface area (Å²) in [5, 5.41) is 2.12. The fourth-order valence-corrected chi connectivity index (χ4v) is 0.647. The van der Waals surface area contributed by atoms with Gasteiger partial charge in [0.05, 0.1) is 6.54 Å². The molecular weight excluding hydrogens is 202 g/mol. The van der Waals surface area contributed by atoms with Crippen LogP contribution in [0.1, 0.15) is 19.8 Å². The Balaban J connectivity index is 3.46. The molecule has 0 bridgehead atoms. The topological polar surface area (TPSA) is 81.7 Å². The predicted molar refractivity (Wildman–Crippen MR) is 50.7 cm³/mol. The highest BCUT2D eigenvalue weighted by Crippen LogP contribution is 1.91. The molecule has 0 rings (SSSR count). The Morgan fingerprint density at radius 1 is 1.27 bits per heavy atom. The molecule has 6 nitrogen and oxygen atoms in total. The van der Waals surface area contributed by atoms with Crippen LogP contribution in [0.5, 0.6) is 0 Å². The highest BCUT2D eigenvalue weighted by Gasteiger charge is 2.05. The molecule has 0 aliphatic carbocycles. The number of hydrogen-bond acceptors (Lipinski definition) is 5. The van der Waals surface area contributed by atoms with Crippen LogP contribution in [0.3, 0.4) is 0 Å². The largest absolute Gasteiger partial charge is 0.428 e. The lowest BCUT2D eigenvalue weighted by atomic mass is 10.3. The van der Waals surface area contributed by atoms with Gasteiger partial charge in [-0.2, -0.15) is 0 Å². The predicted octanol–water partition coefficient (Wildman–Crippen LogP) is 0.417. The van der Waals surface area contributed by atoms with E-state index in [4.69, 9.17) is 0 Å². The van der Waals surface area contributed by atoms with E-state index < -0.39 is 24.6 Å². The van der Waals surface area contributed by atoms with Crippen LogP contribution in [-0.4, -0.2) is 31.2 Å². The number of alkyl carbamates (subject to hydrolysis) is 1. The number of amides is 1. The second-order valence-electron chi connectivity index (χ2n) is 2.71. The minimum atomic E-state index is -0.823. The summed E-state index contributed by atoms with van der Waals surface area (Å²) in [6.45, 7) is 4.22. The van der Waals surface area contributed by atoms with Gasteiger partial charge in [0.2, 0.25) is 6.79 Å². The first-order valence-corrected chi connectivity index (χ1v) is 4.47. The molecule has 0 saturated carbocycles. The Kier molecular flexibility index (Phi) is 6.96. The molecule has 0 heterocycles. The Bertz CT molecular complexity index is 239. The van der Waals surface area contributed by atoms with Gasteiger partial charge in [0, 0.05) is 13.3 Å². The molecule has 6 heteroatoms. The molecule has 0 saturated heterocycles. The molecule has 0 aliphatic rings. The summed E-state index contributed by atoms with van der Waals surface area (Å²) in [5.74, 6) is -0.867. The van der Waals surface area contributed by atoms with E-state index in [1.807, 2.05) is 6.92 Å². The molecular formula is C9H14NO5. The van der Waals surface area contributed by atoms with Gasteiger partial charge in [-0.3, -0.25) is 9.59 Å². The summed E-state index contributed by atoms with van der Waals surface area (Å²) in [6, 6.07) is 0. The van der Waals surface area contributed by atoms with Gasteiger partial charge < -0.3 is 14.8 Å². The summed E-state index contributed by atoms with van der Waals surface area (Å²) >= 11 is 0. The zero-order chi connectivity index (χ0) is 11.7. The Morgan fingerprint density at radius 3 is 2.47 bits per heavy atom. The van der Waals surface area contributed by atoms with Gasteiger partial charge in [-0.25, -0.2) is 4.79 Å². The fraction of sp³-hybridized carbons (Fsp3) is 0.556. The van der Waals surface area contributed by atoms with Crippen molar-refractivity contribution in [2.75, 3.05) is 13.3 Å². The van der Waals surface area contributed by atoms with E-state index in [0.717, 1.165) is 0 Å².